The Balaban J connectivity index is 5.20. The molecule has 0 aliphatic carbocycles. The number of hydrogen-bond donors (Lipinski definition) is 3. The van der Waals surface area contributed by atoms with E-state index in [1.807, 2.05) is 0 Å². The minimum atomic E-state index is -4.95. The normalized spacial score (nSPS) is 14.5. The molecule has 3 unspecified atom stereocenters. The van der Waals surface area contributed by atoms with Crippen LogP contribution in [0.4, 0.5) is 0 Å². The second-order valence-corrected chi connectivity index (χ2v) is 27.4. The van der Waals surface area contributed by atoms with Gasteiger partial charge in [-0.15, -0.1) is 0 Å². The van der Waals surface area contributed by atoms with E-state index >= 15 is 0 Å². The molecule has 19 heteroatoms. The molecule has 17 nitrogen and oxygen atoms in total. The highest BCUT2D eigenvalue weighted by atomic mass is 31.2. The van der Waals surface area contributed by atoms with Crippen LogP contribution in [-0.2, 0) is 65.4 Å². The van der Waals surface area contributed by atoms with Crippen molar-refractivity contribution in [2.45, 2.75) is 361 Å². The Morgan fingerprint density at radius 1 is 0.326 bits per heavy atom. The fourth-order valence-electron chi connectivity index (χ4n) is 10.1. The molecule has 0 aromatic heterocycles. The molecule has 0 spiro atoms. The second kappa shape index (κ2) is 60.6. The van der Waals surface area contributed by atoms with Crippen LogP contribution in [0.1, 0.15) is 343 Å². The largest absolute Gasteiger partial charge is 0.472 e. The van der Waals surface area contributed by atoms with E-state index in [0.29, 0.717) is 25.7 Å². The highest BCUT2D eigenvalue weighted by Crippen LogP contribution is 2.45. The van der Waals surface area contributed by atoms with Gasteiger partial charge in [-0.1, -0.05) is 291 Å². The molecule has 3 N–H and O–H groups in total. The predicted octanol–water partition coefficient (Wildman–Crippen LogP) is 19.0. The quantitative estimate of drug-likeness (QED) is 0.0222. The van der Waals surface area contributed by atoms with Gasteiger partial charge >= 0.3 is 39.5 Å². The lowest BCUT2D eigenvalue weighted by Gasteiger charge is -2.21. The monoisotopic (exact) mass is 1270 g/mol. The van der Waals surface area contributed by atoms with Crippen molar-refractivity contribution in [1.82, 2.24) is 0 Å². The summed E-state index contributed by atoms with van der Waals surface area (Å²) in [6.07, 6.45) is 45.8. The average Bonchev–Trinajstić information content (AvgIpc) is 3.57. The summed E-state index contributed by atoms with van der Waals surface area (Å²) in [5.41, 5.74) is 0. The number of rotatable bonds is 67. The maximum absolute atomic E-state index is 13.0. The van der Waals surface area contributed by atoms with E-state index in [0.717, 1.165) is 102 Å². The smallest absolute Gasteiger partial charge is 0.462 e. The van der Waals surface area contributed by atoms with Gasteiger partial charge in [0.05, 0.1) is 26.4 Å². The Morgan fingerprint density at radius 3 is 0.826 bits per heavy atom. The Labute approximate surface area is 524 Å². The molecule has 0 amide bonds. The first kappa shape index (κ1) is 84.1. The maximum atomic E-state index is 13.0. The van der Waals surface area contributed by atoms with Gasteiger partial charge in [0.1, 0.15) is 19.3 Å². The zero-order valence-electron chi connectivity index (χ0n) is 55.4. The molecule has 0 aromatic rings. The van der Waals surface area contributed by atoms with Gasteiger partial charge in [0.15, 0.2) is 12.2 Å². The van der Waals surface area contributed by atoms with Crippen LogP contribution in [0.5, 0.6) is 0 Å². The first-order valence-corrected chi connectivity index (χ1v) is 38.2. The summed E-state index contributed by atoms with van der Waals surface area (Å²) in [4.78, 5) is 72.3. The number of aliphatic hydroxyl groups is 1. The number of hydrogen-bond acceptors (Lipinski definition) is 15. The molecule has 0 heterocycles. The van der Waals surface area contributed by atoms with Crippen molar-refractivity contribution >= 4 is 39.5 Å². The number of phosphoric ester groups is 2. The summed E-state index contributed by atoms with van der Waals surface area (Å²) in [7, 11) is -9.89. The number of esters is 4. The minimum absolute atomic E-state index is 0.106. The van der Waals surface area contributed by atoms with Gasteiger partial charge in [-0.2, -0.15) is 0 Å². The molecule has 0 saturated carbocycles. The summed E-state index contributed by atoms with van der Waals surface area (Å²) < 4.78 is 68.0. The van der Waals surface area contributed by atoms with Gasteiger partial charge in [0.2, 0.25) is 0 Å². The molecular formula is C67H130O17P2. The maximum Gasteiger partial charge on any atom is 0.472 e. The van der Waals surface area contributed by atoms with E-state index in [4.69, 9.17) is 37.0 Å². The van der Waals surface area contributed by atoms with Crippen molar-refractivity contribution in [1.29, 1.82) is 0 Å². The van der Waals surface area contributed by atoms with Gasteiger partial charge in [0.25, 0.3) is 0 Å². The van der Waals surface area contributed by atoms with Crippen LogP contribution in [0.25, 0.3) is 0 Å². The predicted molar refractivity (Wildman–Crippen MR) is 345 cm³/mol. The summed E-state index contributed by atoms with van der Waals surface area (Å²) in [6, 6.07) is 0. The van der Waals surface area contributed by atoms with E-state index in [1.54, 1.807) is 0 Å². The van der Waals surface area contributed by atoms with Crippen LogP contribution in [0, 0.1) is 5.92 Å². The number of aliphatic hydroxyl groups excluding tert-OH is 1. The molecule has 0 aliphatic rings. The first-order valence-electron chi connectivity index (χ1n) is 35.2. The lowest BCUT2D eigenvalue weighted by molar-refractivity contribution is -0.161. The number of carbonyl (C=O) groups is 4. The molecule has 0 aliphatic heterocycles. The third-order valence-corrected chi connectivity index (χ3v) is 17.8. The van der Waals surface area contributed by atoms with E-state index < -0.39 is 97.5 Å². The fraction of sp³-hybridized carbons (Fsp3) is 0.940. The molecule has 86 heavy (non-hydrogen) atoms. The number of phosphoric acid groups is 2. The van der Waals surface area contributed by atoms with Gasteiger partial charge in [-0.3, -0.25) is 37.3 Å². The number of carbonyl (C=O) groups excluding carboxylic acids is 4. The zero-order chi connectivity index (χ0) is 63.5. The van der Waals surface area contributed by atoms with Crippen LogP contribution in [0.2, 0.25) is 0 Å². The van der Waals surface area contributed by atoms with E-state index in [1.165, 1.54) is 161 Å². The molecular weight excluding hydrogens is 1140 g/mol. The van der Waals surface area contributed by atoms with Crippen LogP contribution in [-0.4, -0.2) is 96.7 Å². The molecule has 0 saturated heterocycles. The SMILES string of the molecule is CCCCCCCCCCCCCCCCCCCC(=O)O[C@H](COC(=O)CCCCCCCCCCC(C)CC)COP(=O)(O)OC[C@@H](O)COP(=O)(O)OC[C@@H](COC(=O)CCCCCCCCCC)OC(=O)CCCCCCCCCCC. The fourth-order valence-corrected chi connectivity index (χ4v) is 11.7. The van der Waals surface area contributed by atoms with Crippen molar-refractivity contribution in [2.75, 3.05) is 39.6 Å². The van der Waals surface area contributed by atoms with E-state index in [-0.39, 0.29) is 25.7 Å². The third-order valence-electron chi connectivity index (χ3n) is 15.9. The molecule has 0 fully saturated rings. The molecule has 0 radical (unpaired) electrons. The zero-order valence-corrected chi connectivity index (χ0v) is 57.2. The van der Waals surface area contributed by atoms with E-state index in [9.17, 15) is 43.2 Å². The van der Waals surface area contributed by atoms with Crippen molar-refractivity contribution in [3.05, 3.63) is 0 Å². The Hall–Kier alpha value is -1.94. The van der Waals surface area contributed by atoms with Gasteiger partial charge < -0.3 is 33.8 Å². The highest BCUT2D eigenvalue weighted by Gasteiger charge is 2.30. The van der Waals surface area contributed by atoms with Crippen LogP contribution >= 0.6 is 15.6 Å². The summed E-state index contributed by atoms with van der Waals surface area (Å²) >= 11 is 0. The van der Waals surface area contributed by atoms with Gasteiger partial charge in [-0.05, 0) is 31.6 Å². The lowest BCUT2D eigenvalue weighted by atomic mass is 9.99. The molecule has 510 valence electrons. The topological polar surface area (TPSA) is 237 Å². The molecule has 6 atom stereocenters. The summed E-state index contributed by atoms with van der Waals surface area (Å²) in [6.45, 7) is 7.18. The van der Waals surface area contributed by atoms with E-state index in [2.05, 4.69) is 34.6 Å². The molecule has 0 aromatic carbocycles. The third kappa shape index (κ3) is 59.7. The molecule has 0 bridgehead atoms. The van der Waals surface area contributed by atoms with Crippen LogP contribution in [0.15, 0.2) is 0 Å². The van der Waals surface area contributed by atoms with Crippen LogP contribution in [0.3, 0.4) is 0 Å². The standard InChI is InChI=1S/C67H130O17P2/c1-6-10-13-16-19-22-23-24-25-26-27-28-29-31-38-43-48-53-67(72)84-63(57-78-65(70)51-46-41-36-33-32-34-39-44-49-60(5)9-4)59-82-86(75,76)80-55-61(68)54-79-85(73,74)81-58-62(56-77-64(69)50-45-40-35-21-18-15-12-8-3)83-66(71)52-47-42-37-30-20-17-14-11-7-2/h60-63,68H,6-59H2,1-5H3,(H,73,74)(H,75,76)/t60?,61-,62+,63+/m0/s1. The number of unbranched alkanes of at least 4 members (excludes halogenated alkanes) is 38. The Bertz CT molecular complexity index is 1670. The van der Waals surface area contributed by atoms with Crippen molar-refractivity contribution in [2.24, 2.45) is 5.92 Å². The highest BCUT2D eigenvalue weighted by molar-refractivity contribution is 7.47. The first-order chi connectivity index (χ1) is 41.6. The van der Waals surface area contributed by atoms with Crippen molar-refractivity contribution < 1.29 is 80.2 Å². The Kier molecular flexibility index (Phi) is 59.2. The van der Waals surface area contributed by atoms with Gasteiger partial charge in [0, 0.05) is 25.7 Å². The van der Waals surface area contributed by atoms with Crippen molar-refractivity contribution in [3.63, 3.8) is 0 Å². The van der Waals surface area contributed by atoms with Crippen LogP contribution < -0.4 is 0 Å². The number of ether oxygens (including phenoxy) is 4. The lowest BCUT2D eigenvalue weighted by Crippen LogP contribution is -2.30. The average molecular weight is 1270 g/mol. The summed E-state index contributed by atoms with van der Waals surface area (Å²) in [5, 5.41) is 10.5. The summed E-state index contributed by atoms with van der Waals surface area (Å²) in [5.74, 6) is -1.35. The Morgan fingerprint density at radius 2 is 0.558 bits per heavy atom. The van der Waals surface area contributed by atoms with Gasteiger partial charge in [-0.25, -0.2) is 9.13 Å². The minimum Gasteiger partial charge on any atom is -0.462 e. The molecule has 0 rings (SSSR count). The van der Waals surface area contributed by atoms with Crippen molar-refractivity contribution in [3.8, 4) is 0 Å². The second-order valence-electron chi connectivity index (χ2n) is 24.5.